The highest BCUT2D eigenvalue weighted by Gasteiger charge is 2.64. The monoisotopic (exact) mass is 421 g/mol. The van der Waals surface area contributed by atoms with Gasteiger partial charge in [-0.05, 0) is 124 Å². The van der Waals surface area contributed by atoms with E-state index in [2.05, 4.69) is 39.8 Å². The molecule has 30 heavy (non-hydrogen) atoms. The minimum absolute atomic E-state index is 0.0348. The van der Waals surface area contributed by atoms with Crippen molar-refractivity contribution in [3.05, 3.63) is 0 Å². The molecule has 4 aliphatic rings. The van der Waals surface area contributed by atoms with Gasteiger partial charge in [-0.15, -0.1) is 0 Å². The zero-order valence-electron chi connectivity index (χ0n) is 22.4. The molecule has 0 amide bonds. The van der Waals surface area contributed by atoms with Crippen molar-refractivity contribution >= 4 is 0 Å². The quantitative estimate of drug-likeness (QED) is 0.641. The smallest absolute Gasteiger partial charge is 0.0607 e. The minimum atomic E-state index is -1.57. The summed E-state index contributed by atoms with van der Waals surface area (Å²) in [6, 6.07) is 0. The normalized spacial score (nSPS) is 56.4. The number of hydrogen-bond donors (Lipinski definition) is 2. The van der Waals surface area contributed by atoms with E-state index in [0.717, 1.165) is 32.2 Å². The van der Waals surface area contributed by atoms with Crippen LogP contribution in [-0.2, 0) is 0 Å². The summed E-state index contributed by atoms with van der Waals surface area (Å²) in [6.07, 6.45) is 5.92. The molecule has 0 heterocycles. The Hall–Kier alpha value is -0.120. The molecule has 3 nitrogen and oxygen atoms in total. The van der Waals surface area contributed by atoms with Crippen molar-refractivity contribution in [3.63, 3.8) is 0 Å². The number of fused-ring (bicyclic) bond motifs is 5. The summed E-state index contributed by atoms with van der Waals surface area (Å²) in [5.41, 5.74) is 0.224. The highest BCUT2D eigenvalue weighted by molar-refractivity contribution is 5.13. The molecule has 4 rings (SSSR count). The lowest BCUT2D eigenvalue weighted by Gasteiger charge is -2.64. The van der Waals surface area contributed by atoms with Gasteiger partial charge >= 0.3 is 0 Å². The number of aliphatic hydroxyl groups is 2. The zero-order chi connectivity index (χ0) is 23.6. The van der Waals surface area contributed by atoms with Crippen LogP contribution in [0.4, 0.5) is 0 Å². The SMILES string of the molecule is [2H]C(C)[C@@H]1[C@@H]2C[C@H](O)CC[C@]2(C)C2CC[C@@]3(C)C(CC[C@@H]3[C@H](C)CCN(C)C)C2[C@]1([2H])O. The maximum absolute atomic E-state index is 12.0. The van der Waals surface area contributed by atoms with Gasteiger partial charge in [0.05, 0.1) is 13.6 Å². The Labute approximate surface area is 188 Å². The molecular formula is C27H49NO2. The molecule has 0 aromatic rings. The van der Waals surface area contributed by atoms with Crippen LogP contribution in [0, 0.1) is 52.3 Å². The van der Waals surface area contributed by atoms with Crippen molar-refractivity contribution in [2.45, 2.75) is 97.6 Å². The Bertz CT molecular complexity index is 685. The Balaban J connectivity index is 1.69. The second kappa shape index (κ2) is 8.34. The first-order chi connectivity index (χ1) is 14.8. The van der Waals surface area contributed by atoms with Gasteiger partial charge in [-0.3, -0.25) is 0 Å². The average molecular weight is 422 g/mol. The van der Waals surface area contributed by atoms with Gasteiger partial charge < -0.3 is 15.1 Å². The third-order valence-electron chi connectivity index (χ3n) is 10.8. The maximum Gasteiger partial charge on any atom is 0.0607 e. The lowest BCUT2D eigenvalue weighted by Crippen LogP contribution is -2.62. The first-order valence-electron chi connectivity index (χ1n) is 13.9. The van der Waals surface area contributed by atoms with E-state index in [0.29, 0.717) is 30.1 Å². The summed E-state index contributed by atoms with van der Waals surface area (Å²) in [7, 11) is 4.30. The van der Waals surface area contributed by atoms with Crippen molar-refractivity contribution in [2.24, 2.45) is 52.3 Å². The summed E-state index contributed by atoms with van der Waals surface area (Å²) in [5.74, 6) is 1.69. The first kappa shape index (κ1) is 20.5. The number of rotatable bonds is 5. The predicted octanol–water partition coefficient (Wildman–Crippen LogP) is 5.20. The molecule has 3 heteroatoms. The molecule has 12 atom stereocenters. The summed E-state index contributed by atoms with van der Waals surface area (Å²) in [6.45, 7) is 10.3. The summed E-state index contributed by atoms with van der Waals surface area (Å²) in [5, 5.41) is 22.5. The molecule has 0 aromatic carbocycles. The van der Waals surface area contributed by atoms with Gasteiger partial charge in [0.2, 0.25) is 0 Å². The van der Waals surface area contributed by atoms with Gasteiger partial charge in [0.15, 0.2) is 0 Å². The second-order valence-electron chi connectivity index (χ2n) is 12.4. The standard InChI is InChI=1S/C27H49NO2/c1-7-19-23-16-18(29)10-13-27(23,4)22-11-14-26(3)20(17(2)12-15-28(5)6)8-9-21(26)24(22)25(19)30/h17-25,29-30H,7-16H2,1-6H3/t17-,18-,19-,20-,21?,22?,23+,24?,25-,26-,27-/m1/s1/i7D,25D/t7?,17-,18-,19-,20-,21?,22?,23+,24?,25-,26-,27-. The molecule has 0 bridgehead atoms. The van der Waals surface area contributed by atoms with Crippen LogP contribution in [0.1, 0.15) is 88.2 Å². The van der Waals surface area contributed by atoms with Crippen LogP contribution in [0.25, 0.3) is 0 Å². The molecule has 2 N–H and O–H groups in total. The van der Waals surface area contributed by atoms with Crippen LogP contribution in [0.15, 0.2) is 0 Å². The molecule has 0 aliphatic heterocycles. The fraction of sp³-hybridized carbons (Fsp3) is 1.00. The van der Waals surface area contributed by atoms with Crippen molar-refractivity contribution in [3.8, 4) is 0 Å². The molecule has 4 unspecified atom stereocenters. The highest BCUT2D eigenvalue weighted by Crippen LogP contribution is 2.69. The van der Waals surface area contributed by atoms with Gasteiger partial charge in [-0.1, -0.05) is 34.1 Å². The zero-order valence-corrected chi connectivity index (χ0v) is 20.4. The van der Waals surface area contributed by atoms with E-state index in [1.54, 1.807) is 0 Å². The lowest BCUT2D eigenvalue weighted by atomic mass is 9.41. The molecule has 4 saturated carbocycles. The van der Waals surface area contributed by atoms with Gasteiger partial charge in [-0.2, -0.15) is 0 Å². The Morgan fingerprint density at radius 2 is 1.70 bits per heavy atom. The van der Waals surface area contributed by atoms with E-state index < -0.39 is 12.5 Å². The number of hydrogen-bond acceptors (Lipinski definition) is 3. The van der Waals surface area contributed by atoms with E-state index in [1.165, 1.54) is 19.3 Å². The van der Waals surface area contributed by atoms with Gasteiger partial charge in [0.25, 0.3) is 0 Å². The lowest BCUT2D eigenvalue weighted by molar-refractivity contribution is -0.203. The van der Waals surface area contributed by atoms with E-state index in [-0.39, 0.29) is 34.7 Å². The third-order valence-corrected chi connectivity index (χ3v) is 10.8. The van der Waals surface area contributed by atoms with Crippen molar-refractivity contribution in [1.29, 1.82) is 0 Å². The molecule has 174 valence electrons. The van der Waals surface area contributed by atoms with Crippen LogP contribution >= 0.6 is 0 Å². The van der Waals surface area contributed by atoms with Crippen LogP contribution in [0.5, 0.6) is 0 Å². The topological polar surface area (TPSA) is 43.7 Å². The Morgan fingerprint density at radius 3 is 2.37 bits per heavy atom. The van der Waals surface area contributed by atoms with E-state index in [4.69, 9.17) is 1.37 Å². The molecule has 0 saturated heterocycles. The summed E-state index contributed by atoms with van der Waals surface area (Å²) >= 11 is 0. The molecule has 0 aromatic heterocycles. The predicted molar refractivity (Wildman–Crippen MR) is 124 cm³/mol. The summed E-state index contributed by atoms with van der Waals surface area (Å²) in [4.78, 5) is 2.28. The average Bonchev–Trinajstić information content (AvgIpc) is 3.04. The van der Waals surface area contributed by atoms with Crippen LogP contribution < -0.4 is 0 Å². The number of aliphatic hydroxyl groups excluding tert-OH is 1. The van der Waals surface area contributed by atoms with Crippen LogP contribution in [0.3, 0.4) is 0 Å². The second-order valence-corrected chi connectivity index (χ2v) is 12.4. The van der Waals surface area contributed by atoms with Crippen molar-refractivity contribution in [1.82, 2.24) is 4.90 Å². The van der Waals surface area contributed by atoms with E-state index >= 15 is 0 Å². The van der Waals surface area contributed by atoms with E-state index in [1.807, 2.05) is 6.92 Å². The van der Waals surface area contributed by atoms with Gasteiger partial charge in [-0.25, -0.2) is 0 Å². The fourth-order valence-corrected chi connectivity index (χ4v) is 9.12. The minimum Gasteiger partial charge on any atom is -0.393 e. The number of nitrogens with zero attached hydrogens (tertiary/aromatic N) is 1. The Morgan fingerprint density at radius 1 is 1.03 bits per heavy atom. The van der Waals surface area contributed by atoms with Crippen LogP contribution in [0.2, 0.25) is 0 Å². The molecular weight excluding hydrogens is 370 g/mol. The van der Waals surface area contributed by atoms with E-state index in [9.17, 15) is 11.6 Å². The first-order valence-corrected chi connectivity index (χ1v) is 12.8. The molecule has 0 radical (unpaired) electrons. The van der Waals surface area contributed by atoms with Crippen LogP contribution in [-0.4, -0.2) is 47.9 Å². The maximum atomic E-state index is 12.0. The molecule has 4 fully saturated rings. The third kappa shape index (κ3) is 3.50. The fourth-order valence-electron chi connectivity index (χ4n) is 9.12. The van der Waals surface area contributed by atoms with Gasteiger partial charge in [0, 0.05) is 1.37 Å². The van der Waals surface area contributed by atoms with Gasteiger partial charge in [0.1, 0.15) is 0 Å². The highest BCUT2D eigenvalue weighted by atomic mass is 16.3. The van der Waals surface area contributed by atoms with Crippen molar-refractivity contribution in [2.75, 3.05) is 20.6 Å². The summed E-state index contributed by atoms with van der Waals surface area (Å²) < 4.78 is 18.1. The molecule has 4 aliphatic carbocycles. The van der Waals surface area contributed by atoms with Crippen molar-refractivity contribution < 1.29 is 13.0 Å². The largest absolute Gasteiger partial charge is 0.393 e. The molecule has 0 spiro atoms. The Kier molecular flexibility index (Phi) is 5.69.